The average Bonchev–Trinajstić information content (AvgIpc) is 2.26. The molecule has 0 amide bonds. The molecule has 3 heteroatoms. The zero-order valence-electron chi connectivity index (χ0n) is 13.4. The van der Waals surface area contributed by atoms with Crippen molar-refractivity contribution in [2.24, 2.45) is 22.7 Å². The normalized spacial score (nSPS) is 21.1. The van der Waals surface area contributed by atoms with Gasteiger partial charge in [0.25, 0.3) is 0 Å². The second-order valence-corrected chi connectivity index (χ2v) is 7.09. The number of carbonyl (C=O) groups excluding carboxylic acids is 1. The van der Waals surface area contributed by atoms with E-state index >= 15 is 0 Å². The Bertz CT molecular complexity index is 300. The molecule has 19 heavy (non-hydrogen) atoms. The zero-order valence-corrected chi connectivity index (χ0v) is 13.4. The van der Waals surface area contributed by atoms with Gasteiger partial charge in [-0.1, -0.05) is 34.6 Å². The molecule has 0 spiro atoms. The lowest BCUT2D eigenvalue weighted by atomic mass is 9.73. The van der Waals surface area contributed by atoms with Crippen LogP contribution in [0.3, 0.4) is 0 Å². The molecule has 0 saturated carbocycles. The van der Waals surface area contributed by atoms with Gasteiger partial charge in [-0.05, 0) is 31.6 Å². The molecular formula is C16H30O3. The van der Waals surface area contributed by atoms with Crippen molar-refractivity contribution in [1.29, 1.82) is 0 Å². The minimum Gasteiger partial charge on any atom is -0.464 e. The molecule has 0 aliphatic carbocycles. The SMILES string of the molecule is CCC1(COC(=O)C(C)(CC(C)C)C(C)C)COC1. The zero-order chi connectivity index (χ0) is 14.7. The maximum Gasteiger partial charge on any atom is 0.312 e. The molecule has 1 saturated heterocycles. The lowest BCUT2D eigenvalue weighted by Gasteiger charge is -2.41. The van der Waals surface area contributed by atoms with Gasteiger partial charge >= 0.3 is 5.97 Å². The molecule has 0 radical (unpaired) electrons. The van der Waals surface area contributed by atoms with Gasteiger partial charge in [0.05, 0.1) is 24.0 Å². The molecule has 1 unspecified atom stereocenters. The van der Waals surface area contributed by atoms with Gasteiger partial charge in [-0.3, -0.25) is 4.79 Å². The summed E-state index contributed by atoms with van der Waals surface area (Å²) in [5, 5.41) is 0. The Hall–Kier alpha value is -0.570. The number of carbonyl (C=O) groups is 1. The molecule has 0 bridgehead atoms. The first-order chi connectivity index (χ1) is 8.76. The molecule has 0 aromatic carbocycles. The van der Waals surface area contributed by atoms with Gasteiger partial charge in [0.2, 0.25) is 0 Å². The van der Waals surface area contributed by atoms with Crippen molar-refractivity contribution in [3.05, 3.63) is 0 Å². The molecule has 112 valence electrons. The molecule has 1 heterocycles. The summed E-state index contributed by atoms with van der Waals surface area (Å²) in [5.41, 5.74) is -0.306. The largest absolute Gasteiger partial charge is 0.464 e. The molecule has 1 aliphatic heterocycles. The number of ether oxygens (including phenoxy) is 2. The second-order valence-electron chi connectivity index (χ2n) is 7.09. The fourth-order valence-corrected chi connectivity index (χ4v) is 2.57. The van der Waals surface area contributed by atoms with Crippen LogP contribution < -0.4 is 0 Å². The minimum atomic E-state index is -0.381. The molecule has 3 nitrogen and oxygen atoms in total. The van der Waals surface area contributed by atoms with Gasteiger partial charge in [0.1, 0.15) is 6.61 Å². The average molecular weight is 270 g/mol. The lowest BCUT2D eigenvalue weighted by Crippen LogP contribution is -2.47. The van der Waals surface area contributed by atoms with Crippen molar-refractivity contribution in [3.63, 3.8) is 0 Å². The summed E-state index contributed by atoms with van der Waals surface area (Å²) in [5.74, 6) is 0.737. The van der Waals surface area contributed by atoms with E-state index in [-0.39, 0.29) is 22.7 Å². The third-order valence-electron chi connectivity index (χ3n) is 4.65. The Labute approximate surface area is 118 Å². The van der Waals surface area contributed by atoms with Gasteiger partial charge in [0.15, 0.2) is 0 Å². The number of hydrogen-bond acceptors (Lipinski definition) is 3. The molecule has 0 N–H and O–H groups in total. The van der Waals surface area contributed by atoms with Crippen molar-refractivity contribution in [2.75, 3.05) is 19.8 Å². The van der Waals surface area contributed by atoms with Gasteiger partial charge in [-0.25, -0.2) is 0 Å². The fraction of sp³-hybridized carbons (Fsp3) is 0.938. The summed E-state index contributed by atoms with van der Waals surface area (Å²) in [4.78, 5) is 12.5. The highest BCUT2D eigenvalue weighted by Gasteiger charge is 2.42. The maximum absolute atomic E-state index is 12.5. The van der Waals surface area contributed by atoms with Crippen LogP contribution in [0.2, 0.25) is 0 Å². The van der Waals surface area contributed by atoms with Crippen molar-refractivity contribution in [2.45, 2.75) is 54.4 Å². The van der Waals surface area contributed by atoms with Crippen LogP contribution in [-0.2, 0) is 14.3 Å². The Kier molecular flexibility index (Phi) is 5.43. The quantitative estimate of drug-likeness (QED) is 0.662. The van der Waals surface area contributed by atoms with E-state index < -0.39 is 0 Å². The van der Waals surface area contributed by atoms with Crippen molar-refractivity contribution < 1.29 is 14.3 Å². The Morgan fingerprint density at radius 1 is 1.32 bits per heavy atom. The Morgan fingerprint density at radius 2 is 1.89 bits per heavy atom. The van der Waals surface area contributed by atoms with Crippen LogP contribution in [0.4, 0.5) is 0 Å². The highest BCUT2D eigenvalue weighted by Crippen LogP contribution is 2.37. The van der Waals surface area contributed by atoms with E-state index in [0.717, 1.165) is 26.1 Å². The number of esters is 1. The number of rotatable bonds is 7. The Balaban J connectivity index is 2.62. The predicted octanol–water partition coefficient (Wildman–Crippen LogP) is 3.66. The van der Waals surface area contributed by atoms with Crippen molar-refractivity contribution in [1.82, 2.24) is 0 Å². The van der Waals surface area contributed by atoms with Crippen LogP contribution in [-0.4, -0.2) is 25.8 Å². The molecule has 1 aliphatic rings. The van der Waals surface area contributed by atoms with E-state index in [9.17, 15) is 4.79 Å². The van der Waals surface area contributed by atoms with Crippen LogP contribution in [0.15, 0.2) is 0 Å². The third kappa shape index (κ3) is 3.71. The summed E-state index contributed by atoms with van der Waals surface area (Å²) in [6, 6.07) is 0. The topological polar surface area (TPSA) is 35.5 Å². The standard InChI is InChI=1S/C16H30O3/c1-7-16(9-18-10-16)11-19-14(17)15(6,13(4)5)8-12(2)3/h12-13H,7-11H2,1-6H3. The summed E-state index contributed by atoms with van der Waals surface area (Å²) in [7, 11) is 0. The van der Waals surface area contributed by atoms with E-state index in [1.54, 1.807) is 0 Å². The van der Waals surface area contributed by atoms with Crippen molar-refractivity contribution >= 4 is 5.97 Å². The third-order valence-corrected chi connectivity index (χ3v) is 4.65. The first kappa shape index (κ1) is 16.5. The van der Waals surface area contributed by atoms with Crippen LogP contribution in [0, 0.1) is 22.7 Å². The molecule has 1 fully saturated rings. The highest BCUT2D eigenvalue weighted by molar-refractivity contribution is 5.76. The minimum absolute atomic E-state index is 0.0454. The summed E-state index contributed by atoms with van der Waals surface area (Å²) in [6.45, 7) is 14.6. The first-order valence-corrected chi connectivity index (χ1v) is 7.51. The highest BCUT2D eigenvalue weighted by atomic mass is 16.5. The molecule has 0 aromatic rings. The van der Waals surface area contributed by atoms with E-state index in [1.807, 2.05) is 6.92 Å². The smallest absolute Gasteiger partial charge is 0.312 e. The van der Waals surface area contributed by atoms with Gasteiger partial charge < -0.3 is 9.47 Å². The lowest BCUT2D eigenvalue weighted by molar-refractivity contribution is -0.181. The van der Waals surface area contributed by atoms with Crippen LogP contribution in [0.5, 0.6) is 0 Å². The van der Waals surface area contributed by atoms with Gasteiger partial charge in [-0.2, -0.15) is 0 Å². The monoisotopic (exact) mass is 270 g/mol. The molecular weight excluding hydrogens is 240 g/mol. The van der Waals surface area contributed by atoms with Crippen molar-refractivity contribution in [3.8, 4) is 0 Å². The van der Waals surface area contributed by atoms with E-state index in [2.05, 4.69) is 34.6 Å². The predicted molar refractivity (Wildman–Crippen MR) is 76.9 cm³/mol. The van der Waals surface area contributed by atoms with E-state index in [0.29, 0.717) is 12.5 Å². The molecule has 1 atom stereocenters. The fourth-order valence-electron chi connectivity index (χ4n) is 2.57. The van der Waals surface area contributed by atoms with Crippen LogP contribution in [0.1, 0.15) is 54.4 Å². The summed E-state index contributed by atoms with van der Waals surface area (Å²) >= 11 is 0. The summed E-state index contributed by atoms with van der Waals surface area (Å²) in [6.07, 6.45) is 1.88. The maximum atomic E-state index is 12.5. The second kappa shape index (κ2) is 6.25. The molecule has 1 rings (SSSR count). The van der Waals surface area contributed by atoms with Gasteiger partial charge in [0, 0.05) is 0 Å². The summed E-state index contributed by atoms with van der Waals surface area (Å²) < 4.78 is 10.9. The van der Waals surface area contributed by atoms with E-state index in [4.69, 9.17) is 9.47 Å². The van der Waals surface area contributed by atoms with Crippen LogP contribution >= 0.6 is 0 Å². The molecule has 0 aromatic heterocycles. The van der Waals surface area contributed by atoms with E-state index in [1.165, 1.54) is 0 Å². The first-order valence-electron chi connectivity index (χ1n) is 7.51. The van der Waals surface area contributed by atoms with Gasteiger partial charge in [-0.15, -0.1) is 0 Å². The number of hydrogen-bond donors (Lipinski definition) is 0. The van der Waals surface area contributed by atoms with Crippen LogP contribution in [0.25, 0.3) is 0 Å². The Morgan fingerprint density at radius 3 is 2.21 bits per heavy atom.